The van der Waals surface area contributed by atoms with Crippen LogP contribution in [0.25, 0.3) is 6.08 Å². The first-order valence-electron chi connectivity index (χ1n) is 7.53. The second-order valence-electron chi connectivity index (χ2n) is 5.49. The molecule has 2 nitrogen and oxygen atoms in total. The third-order valence-electron chi connectivity index (χ3n) is 3.99. The summed E-state index contributed by atoms with van der Waals surface area (Å²) in [6.45, 7) is 0.835. The summed E-state index contributed by atoms with van der Waals surface area (Å²) in [5, 5.41) is 0. The Morgan fingerprint density at radius 1 is 1.14 bits per heavy atom. The van der Waals surface area contributed by atoms with Gasteiger partial charge < -0.3 is 4.90 Å². The summed E-state index contributed by atoms with van der Waals surface area (Å²) in [5.74, 6) is 0.0892. The Labute approximate surface area is 139 Å². The Balaban J connectivity index is 1.74. The van der Waals surface area contributed by atoms with Crippen LogP contribution in [0.3, 0.4) is 0 Å². The highest BCUT2D eigenvalue weighted by atomic mass is 79.9. The molecular weight excluding hydrogens is 338 g/mol. The van der Waals surface area contributed by atoms with Crippen LogP contribution in [0.5, 0.6) is 0 Å². The lowest BCUT2D eigenvalue weighted by molar-refractivity contribution is -0.126. The van der Waals surface area contributed by atoms with Crippen molar-refractivity contribution in [3.05, 3.63) is 76.3 Å². The van der Waals surface area contributed by atoms with E-state index in [0.717, 1.165) is 29.4 Å². The molecule has 1 aliphatic heterocycles. The van der Waals surface area contributed by atoms with Crippen LogP contribution in [0, 0.1) is 0 Å². The van der Waals surface area contributed by atoms with E-state index in [0.29, 0.717) is 0 Å². The Morgan fingerprint density at radius 2 is 1.95 bits per heavy atom. The largest absolute Gasteiger partial charge is 0.332 e. The van der Waals surface area contributed by atoms with Crippen molar-refractivity contribution in [2.75, 3.05) is 6.54 Å². The number of benzene rings is 2. The zero-order valence-corrected chi connectivity index (χ0v) is 13.9. The fraction of sp³-hybridized carbons (Fsp3) is 0.211. The number of carbonyl (C=O) groups is 1. The molecule has 0 saturated carbocycles. The maximum atomic E-state index is 12.5. The molecule has 2 aromatic rings. The van der Waals surface area contributed by atoms with Crippen LogP contribution in [0.2, 0.25) is 0 Å². The Morgan fingerprint density at radius 3 is 2.73 bits per heavy atom. The molecule has 3 rings (SSSR count). The van der Waals surface area contributed by atoms with Gasteiger partial charge in [0.25, 0.3) is 0 Å². The van der Waals surface area contributed by atoms with Gasteiger partial charge in [-0.05, 0) is 42.2 Å². The van der Waals surface area contributed by atoms with Crippen molar-refractivity contribution in [3.8, 4) is 0 Å². The molecule has 1 aliphatic rings. The van der Waals surface area contributed by atoms with Gasteiger partial charge >= 0.3 is 0 Å². The van der Waals surface area contributed by atoms with E-state index in [2.05, 4.69) is 28.1 Å². The highest BCUT2D eigenvalue weighted by Crippen LogP contribution is 2.31. The van der Waals surface area contributed by atoms with Gasteiger partial charge in [0.2, 0.25) is 5.91 Å². The highest BCUT2D eigenvalue weighted by Gasteiger charge is 2.28. The van der Waals surface area contributed by atoms with E-state index in [-0.39, 0.29) is 11.9 Å². The molecule has 0 aromatic heterocycles. The van der Waals surface area contributed by atoms with E-state index in [1.165, 1.54) is 5.56 Å². The van der Waals surface area contributed by atoms with Gasteiger partial charge in [0, 0.05) is 17.1 Å². The summed E-state index contributed by atoms with van der Waals surface area (Å²) < 4.78 is 1.02. The summed E-state index contributed by atoms with van der Waals surface area (Å²) in [4.78, 5) is 14.5. The molecule has 1 fully saturated rings. The van der Waals surface area contributed by atoms with Gasteiger partial charge in [-0.2, -0.15) is 0 Å². The molecule has 1 unspecified atom stereocenters. The van der Waals surface area contributed by atoms with Gasteiger partial charge in [-0.1, -0.05) is 58.4 Å². The van der Waals surface area contributed by atoms with E-state index in [1.54, 1.807) is 6.08 Å². The fourth-order valence-corrected chi connectivity index (χ4v) is 3.34. The van der Waals surface area contributed by atoms with Crippen molar-refractivity contribution in [2.24, 2.45) is 0 Å². The number of halogens is 1. The van der Waals surface area contributed by atoms with Gasteiger partial charge in [-0.15, -0.1) is 0 Å². The van der Waals surface area contributed by atoms with Gasteiger partial charge in [0.15, 0.2) is 0 Å². The molecular formula is C19H18BrNO. The average Bonchev–Trinajstić information content (AvgIpc) is 3.03. The van der Waals surface area contributed by atoms with E-state index < -0.39 is 0 Å². The van der Waals surface area contributed by atoms with Crippen molar-refractivity contribution in [2.45, 2.75) is 18.9 Å². The van der Waals surface area contributed by atoms with Crippen LogP contribution in [-0.4, -0.2) is 17.4 Å². The second-order valence-corrected chi connectivity index (χ2v) is 6.40. The standard InChI is InChI=1S/C19H18BrNO/c20-17-9-4-6-15(14-17)11-12-19(22)21-13-5-10-18(21)16-7-2-1-3-8-16/h1-4,6-9,11-12,14,18H,5,10,13H2/b12-11+. The van der Waals surface area contributed by atoms with Crippen molar-refractivity contribution in [1.29, 1.82) is 0 Å². The zero-order chi connectivity index (χ0) is 15.4. The lowest BCUT2D eigenvalue weighted by Gasteiger charge is -2.23. The molecule has 112 valence electrons. The summed E-state index contributed by atoms with van der Waals surface area (Å²) in [6.07, 6.45) is 5.67. The number of carbonyl (C=O) groups excluding carboxylic acids is 1. The molecule has 0 radical (unpaired) electrons. The first-order valence-corrected chi connectivity index (χ1v) is 8.32. The number of rotatable bonds is 3. The number of hydrogen-bond donors (Lipinski definition) is 0. The second kappa shape index (κ2) is 6.93. The Kier molecular flexibility index (Phi) is 4.74. The summed E-state index contributed by atoms with van der Waals surface area (Å²) in [7, 11) is 0. The molecule has 0 aliphatic carbocycles. The maximum absolute atomic E-state index is 12.5. The molecule has 1 heterocycles. The minimum atomic E-state index is 0.0892. The lowest BCUT2D eigenvalue weighted by Crippen LogP contribution is -2.28. The third-order valence-corrected chi connectivity index (χ3v) is 4.48. The van der Waals surface area contributed by atoms with Gasteiger partial charge in [-0.25, -0.2) is 0 Å². The predicted octanol–water partition coefficient (Wildman–Crippen LogP) is 4.83. The SMILES string of the molecule is O=C(/C=C/c1cccc(Br)c1)N1CCCC1c1ccccc1. The molecule has 0 bridgehead atoms. The van der Waals surface area contributed by atoms with Crippen molar-refractivity contribution in [3.63, 3.8) is 0 Å². The quantitative estimate of drug-likeness (QED) is 0.722. The van der Waals surface area contributed by atoms with E-state index >= 15 is 0 Å². The Bertz CT molecular complexity index is 681. The van der Waals surface area contributed by atoms with Crippen molar-refractivity contribution in [1.82, 2.24) is 4.90 Å². The van der Waals surface area contributed by atoms with Crippen LogP contribution in [0.4, 0.5) is 0 Å². The first kappa shape index (κ1) is 15.0. The first-order chi connectivity index (χ1) is 10.7. The predicted molar refractivity (Wildman–Crippen MR) is 93.3 cm³/mol. The molecule has 3 heteroatoms. The highest BCUT2D eigenvalue weighted by molar-refractivity contribution is 9.10. The molecule has 1 atom stereocenters. The molecule has 22 heavy (non-hydrogen) atoms. The molecule has 1 saturated heterocycles. The third kappa shape index (κ3) is 3.47. The average molecular weight is 356 g/mol. The van der Waals surface area contributed by atoms with E-state index in [1.807, 2.05) is 53.4 Å². The minimum Gasteiger partial charge on any atom is -0.332 e. The molecule has 0 spiro atoms. The van der Waals surface area contributed by atoms with Crippen molar-refractivity contribution >= 4 is 27.9 Å². The van der Waals surface area contributed by atoms with Crippen molar-refractivity contribution < 1.29 is 4.79 Å². The van der Waals surface area contributed by atoms with Crippen LogP contribution in [0.15, 0.2) is 65.1 Å². The maximum Gasteiger partial charge on any atom is 0.247 e. The number of amides is 1. The van der Waals surface area contributed by atoms with Gasteiger partial charge in [0.1, 0.15) is 0 Å². The molecule has 0 N–H and O–H groups in total. The normalized spacial score (nSPS) is 18.0. The Hall–Kier alpha value is -1.87. The van der Waals surface area contributed by atoms with E-state index in [9.17, 15) is 4.79 Å². The summed E-state index contributed by atoms with van der Waals surface area (Å²) >= 11 is 3.45. The van der Waals surface area contributed by atoms with Gasteiger partial charge in [-0.3, -0.25) is 4.79 Å². The smallest absolute Gasteiger partial charge is 0.247 e. The topological polar surface area (TPSA) is 20.3 Å². The van der Waals surface area contributed by atoms with E-state index in [4.69, 9.17) is 0 Å². The zero-order valence-electron chi connectivity index (χ0n) is 12.3. The van der Waals surface area contributed by atoms with Crippen LogP contribution in [-0.2, 0) is 4.79 Å². The molecule has 1 amide bonds. The number of hydrogen-bond acceptors (Lipinski definition) is 1. The minimum absolute atomic E-state index is 0.0892. The monoisotopic (exact) mass is 355 g/mol. The number of likely N-dealkylation sites (tertiary alicyclic amines) is 1. The fourth-order valence-electron chi connectivity index (χ4n) is 2.93. The van der Waals surface area contributed by atoms with Gasteiger partial charge in [0.05, 0.1) is 6.04 Å². The van der Waals surface area contributed by atoms with Crippen LogP contribution in [0.1, 0.15) is 30.0 Å². The van der Waals surface area contributed by atoms with Crippen LogP contribution < -0.4 is 0 Å². The summed E-state index contributed by atoms with van der Waals surface area (Å²) in [5.41, 5.74) is 2.25. The number of nitrogens with zero attached hydrogens (tertiary/aromatic N) is 1. The summed E-state index contributed by atoms with van der Waals surface area (Å²) in [6, 6.07) is 18.4. The van der Waals surface area contributed by atoms with Crippen LogP contribution >= 0.6 is 15.9 Å². The lowest BCUT2D eigenvalue weighted by atomic mass is 10.0. The molecule has 2 aromatic carbocycles.